The molecule has 0 saturated carbocycles. The highest BCUT2D eigenvalue weighted by atomic mass is 32.1. The summed E-state index contributed by atoms with van der Waals surface area (Å²) in [6.07, 6.45) is 0. The van der Waals surface area contributed by atoms with Crippen LogP contribution in [0.4, 0.5) is 17.1 Å². The van der Waals surface area contributed by atoms with Crippen molar-refractivity contribution in [3.05, 3.63) is 182 Å². The number of furan rings is 1. The molecular weight excluding hydrogens is 653 g/mol. The lowest BCUT2D eigenvalue weighted by Crippen LogP contribution is -2.09. The van der Waals surface area contributed by atoms with Crippen LogP contribution in [0.25, 0.3) is 80.7 Å². The van der Waals surface area contributed by atoms with Gasteiger partial charge in [-0.15, -0.1) is 11.3 Å². The van der Waals surface area contributed by atoms with E-state index in [1.54, 1.807) is 0 Å². The Bertz CT molecular complexity index is 3130. The fraction of sp³-hybridized carbons (Fsp3) is 0. The molecule has 3 nitrogen and oxygen atoms in total. The van der Waals surface area contributed by atoms with E-state index in [0.717, 1.165) is 44.7 Å². The van der Waals surface area contributed by atoms with Crippen molar-refractivity contribution in [2.45, 2.75) is 0 Å². The van der Waals surface area contributed by atoms with Crippen molar-refractivity contribution in [1.82, 2.24) is 4.57 Å². The summed E-state index contributed by atoms with van der Waals surface area (Å²) in [6.45, 7) is 0. The second kappa shape index (κ2) is 11.5. The Morgan fingerprint density at radius 3 is 1.87 bits per heavy atom. The normalized spacial score (nSPS) is 11.8. The molecule has 244 valence electrons. The van der Waals surface area contributed by atoms with Gasteiger partial charge in [-0.1, -0.05) is 97.1 Å². The minimum atomic E-state index is 0.887. The number of rotatable bonds is 5. The summed E-state index contributed by atoms with van der Waals surface area (Å²) in [6, 6.07) is 65.6. The summed E-state index contributed by atoms with van der Waals surface area (Å²) in [5, 5.41) is 7.31. The predicted octanol–water partition coefficient (Wildman–Crippen LogP) is 14.2. The summed E-state index contributed by atoms with van der Waals surface area (Å²) in [4.78, 5) is 2.37. The Morgan fingerprint density at radius 1 is 0.385 bits per heavy atom. The first-order chi connectivity index (χ1) is 25.8. The van der Waals surface area contributed by atoms with Crippen LogP contribution in [0, 0.1) is 0 Å². The van der Waals surface area contributed by atoms with Gasteiger partial charge < -0.3 is 13.9 Å². The first-order valence-electron chi connectivity index (χ1n) is 17.6. The Balaban J connectivity index is 1.08. The van der Waals surface area contributed by atoms with Gasteiger partial charge in [0.05, 0.1) is 11.0 Å². The number of benzene rings is 8. The van der Waals surface area contributed by atoms with Crippen molar-refractivity contribution < 1.29 is 4.42 Å². The second-order valence-electron chi connectivity index (χ2n) is 13.4. The van der Waals surface area contributed by atoms with Crippen molar-refractivity contribution in [3.63, 3.8) is 0 Å². The summed E-state index contributed by atoms with van der Waals surface area (Å²) >= 11 is 1.86. The molecule has 11 rings (SSSR count). The van der Waals surface area contributed by atoms with Crippen molar-refractivity contribution in [2.24, 2.45) is 0 Å². The number of nitrogens with zero attached hydrogens (tertiary/aromatic N) is 2. The van der Waals surface area contributed by atoms with Crippen molar-refractivity contribution in [3.8, 4) is 16.8 Å². The van der Waals surface area contributed by atoms with Crippen LogP contribution in [0.1, 0.15) is 0 Å². The number of anilines is 3. The number of aromatic nitrogens is 1. The predicted molar refractivity (Wildman–Crippen MR) is 221 cm³/mol. The molecule has 0 fully saturated rings. The van der Waals surface area contributed by atoms with E-state index >= 15 is 0 Å². The zero-order valence-electron chi connectivity index (χ0n) is 28.0. The Kier molecular flexibility index (Phi) is 6.42. The van der Waals surface area contributed by atoms with Crippen molar-refractivity contribution in [2.75, 3.05) is 4.90 Å². The van der Waals surface area contributed by atoms with Gasteiger partial charge in [0, 0.05) is 64.5 Å². The molecule has 0 aliphatic carbocycles. The molecule has 0 atom stereocenters. The summed E-state index contributed by atoms with van der Waals surface area (Å²) in [7, 11) is 0. The third-order valence-electron chi connectivity index (χ3n) is 10.4. The maximum Gasteiger partial charge on any atom is 0.135 e. The van der Waals surface area contributed by atoms with Crippen LogP contribution >= 0.6 is 11.3 Å². The van der Waals surface area contributed by atoms with Gasteiger partial charge >= 0.3 is 0 Å². The van der Waals surface area contributed by atoms with Gasteiger partial charge in [-0.3, -0.25) is 0 Å². The van der Waals surface area contributed by atoms with Gasteiger partial charge in [-0.25, -0.2) is 0 Å². The molecule has 0 spiro atoms. The van der Waals surface area contributed by atoms with Gasteiger partial charge in [0.15, 0.2) is 0 Å². The van der Waals surface area contributed by atoms with E-state index < -0.39 is 0 Å². The number of fused-ring (bicyclic) bond motifs is 9. The molecule has 8 aromatic carbocycles. The molecule has 0 unspecified atom stereocenters. The van der Waals surface area contributed by atoms with Gasteiger partial charge in [-0.2, -0.15) is 0 Å². The van der Waals surface area contributed by atoms with Gasteiger partial charge in [-0.05, 0) is 96.1 Å². The quantitative estimate of drug-likeness (QED) is 0.180. The first-order valence-corrected chi connectivity index (χ1v) is 18.4. The molecule has 0 N–H and O–H groups in total. The standard InChI is InChI=1S/C48H30N2OS/c1-2-10-33(11-3-1)50-43-15-7-4-12-37(43)41-29-35(23-26-44(41)50)49(36-24-27-46-42(30-36)38-13-5-8-16-45(38)51-46)34-21-18-31(19-22-34)32-20-25-40-39-14-6-9-17-47(39)52-48(40)28-32/h1-30H. The maximum absolute atomic E-state index is 6.24. The molecule has 4 heteroatoms. The summed E-state index contributed by atoms with van der Waals surface area (Å²) < 4.78 is 11.2. The first kappa shape index (κ1) is 29.1. The smallest absolute Gasteiger partial charge is 0.135 e. The lowest BCUT2D eigenvalue weighted by atomic mass is 10.0. The molecule has 3 heterocycles. The minimum absolute atomic E-state index is 0.887. The molecule has 0 aliphatic rings. The molecule has 0 saturated heterocycles. The molecule has 0 bridgehead atoms. The molecule has 0 aliphatic heterocycles. The van der Waals surface area contributed by atoms with E-state index in [2.05, 4.69) is 179 Å². The highest BCUT2D eigenvalue weighted by molar-refractivity contribution is 7.25. The van der Waals surface area contributed by atoms with Crippen LogP contribution in [0.3, 0.4) is 0 Å². The Labute approximate surface area is 303 Å². The van der Waals surface area contributed by atoms with Crippen LogP contribution in [0.15, 0.2) is 186 Å². The average molecular weight is 683 g/mol. The summed E-state index contributed by atoms with van der Waals surface area (Å²) in [5.41, 5.74) is 11.0. The number of hydrogen-bond acceptors (Lipinski definition) is 3. The SMILES string of the molecule is c1ccc(-n2c3ccccc3c3cc(N(c4ccc(-c5ccc6c(c5)sc5ccccc56)cc4)c4ccc5oc6ccccc6c5c4)ccc32)cc1. The van der Waals surface area contributed by atoms with E-state index in [4.69, 9.17) is 4.42 Å². The molecular formula is C48H30N2OS. The number of thiophene rings is 1. The topological polar surface area (TPSA) is 21.3 Å². The zero-order valence-corrected chi connectivity index (χ0v) is 28.8. The summed E-state index contributed by atoms with van der Waals surface area (Å²) in [5.74, 6) is 0. The third kappa shape index (κ3) is 4.51. The molecule has 3 aromatic heterocycles. The highest BCUT2D eigenvalue weighted by Crippen LogP contribution is 2.43. The van der Waals surface area contributed by atoms with E-state index in [1.807, 2.05) is 23.5 Å². The van der Waals surface area contributed by atoms with Crippen molar-refractivity contribution in [1.29, 1.82) is 0 Å². The van der Waals surface area contributed by atoms with Crippen LogP contribution < -0.4 is 4.90 Å². The monoisotopic (exact) mass is 682 g/mol. The fourth-order valence-electron chi connectivity index (χ4n) is 7.96. The third-order valence-corrected chi connectivity index (χ3v) is 11.5. The molecule has 0 radical (unpaired) electrons. The molecule has 52 heavy (non-hydrogen) atoms. The van der Waals surface area contributed by atoms with Gasteiger partial charge in [0.1, 0.15) is 11.2 Å². The Morgan fingerprint density at radius 2 is 1.00 bits per heavy atom. The van der Waals surface area contributed by atoms with E-state index in [9.17, 15) is 0 Å². The van der Waals surface area contributed by atoms with E-state index in [-0.39, 0.29) is 0 Å². The lowest BCUT2D eigenvalue weighted by molar-refractivity contribution is 0.669. The second-order valence-corrected chi connectivity index (χ2v) is 14.4. The Hall–Kier alpha value is -6.62. The highest BCUT2D eigenvalue weighted by Gasteiger charge is 2.19. The largest absolute Gasteiger partial charge is 0.456 e. The van der Waals surface area contributed by atoms with Crippen LogP contribution in [0.2, 0.25) is 0 Å². The lowest BCUT2D eigenvalue weighted by Gasteiger charge is -2.26. The van der Waals surface area contributed by atoms with Crippen LogP contribution in [0.5, 0.6) is 0 Å². The van der Waals surface area contributed by atoms with Crippen molar-refractivity contribution >= 4 is 92.3 Å². The number of para-hydroxylation sites is 3. The van der Waals surface area contributed by atoms with Gasteiger partial charge in [0.2, 0.25) is 0 Å². The zero-order chi connectivity index (χ0) is 34.2. The van der Waals surface area contributed by atoms with Crippen LogP contribution in [-0.4, -0.2) is 4.57 Å². The minimum Gasteiger partial charge on any atom is -0.456 e. The molecule has 0 amide bonds. The van der Waals surface area contributed by atoms with E-state index in [1.165, 1.54) is 53.1 Å². The van der Waals surface area contributed by atoms with Crippen LogP contribution in [-0.2, 0) is 0 Å². The molecule has 11 aromatic rings. The maximum atomic E-state index is 6.24. The fourth-order valence-corrected chi connectivity index (χ4v) is 9.11. The van der Waals surface area contributed by atoms with Gasteiger partial charge in [0.25, 0.3) is 0 Å². The average Bonchev–Trinajstić information content (AvgIpc) is 3.87. The number of hydrogen-bond donors (Lipinski definition) is 0. The van der Waals surface area contributed by atoms with E-state index in [0.29, 0.717) is 0 Å².